The number of urea groups is 1. The summed E-state index contributed by atoms with van der Waals surface area (Å²) in [6, 6.07) is 7.70. The van der Waals surface area contributed by atoms with Crippen LogP contribution in [-0.2, 0) is 24.2 Å². The second kappa shape index (κ2) is 9.66. The summed E-state index contributed by atoms with van der Waals surface area (Å²) in [4.78, 5) is 18.7. The van der Waals surface area contributed by atoms with E-state index in [1.165, 1.54) is 0 Å². The van der Waals surface area contributed by atoms with Gasteiger partial charge in [-0.15, -0.1) is 0 Å². The SMILES string of the molecule is CN(Cc1cccc(NC(=O)Nc2cc(C(F)(F)F)ccc2F)c1)c1cn[nH]c1CON. The van der Waals surface area contributed by atoms with Gasteiger partial charge in [0.25, 0.3) is 0 Å². The number of carbonyl (C=O) groups is 1. The standard InChI is InChI=1S/C20H20F4N6O2/c1-30(18-9-26-29-17(18)11-32-25)10-12-3-2-4-14(7-12)27-19(31)28-16-8-13(20(22,23)24)5-6-15(16)21/h2-9H,10-11,25H2,1H3,(H,26,29)(H2,27,28,31). The number of aromatic amines is 1. The molecule has 0 radical (unpaired) electrons. The number of hydrogen-bond acceptors (Lipinski definition) is 5. The molecule has 2 aromatic carbocycles. The number of halogens is 4. The Kier molecular flexibility index (Phi) is 6.95. The van der Waals surface area contributed by atoms with Crippen LogP contribution in [0.15, 0.2) is 48.7 Å². The van der Waals surface area contributed by atoms with Gasteiger partial charge in [-0.25, -0.2) is 15.1 Å². The summed E-state index contributed by atoms with van der Waals surface area (Å²) in [5.74, 6) is 4.12. The topological polar surface area (TPSA) is 108 Å². The van der Waals surface area contributed by atoms with E-state index in [1.807, 2.05) is 18.0 Å². The van der Waals surface area contributed by atoms with Crippen molar-refractivity contribution in [1.29, 1.82) is 0 Å². The molecule has 1 aromatic heterocycles. The van der Waals surface area contributed by atoms with Gasteiger partial charge in [0.15, 0.2) is 0 Å². The number of benzene rings is 2. The number of carbonyl (C=O) groups excluding carboxylic acids is 1. The van der Waals surface area contributed by atoms with Gasteiger partial charge in [0.2, 0.25) is 0 Å². The highest BCUT2D eigenvalue weighted by atomic mass is 19.4. The van der Waals surface area contributed by atoms with Crippen molar-refractivity contribution in [3.05, 3.63) is 71.3 Å². The fourth-order valence-corrected chi connectivity index (χ4v) is 3.01. The van der Waals surface area contributed by atoms with E-state index in [0.717, 1.165) is 11.3 Å². The van der Waals surface area contributed by atoms with E-state index in [0.29, 0.717) is 36.1 Å². The molecule has 0 aliphatic rings. The second-order valence-electron chi connectivity index (χ2n) is 6.87. The predicted octanol–water partition coefficient (Wildman–Crippen LogP) is 4.24. The van der Waals surface area contributed by atoms with Gasteiger partial charge in [0.05, 0.1) is 28.8 Å². The van der Waals surface area contributed by atoms with Crippen molar-refractivity contribution in [3.8, 4) is 0 Å². The molecule has 0 spiro atoms. The summed E-state index contributed by atoms with van der Waals surface area (Å²) in [6.45, 7) is 0.587. The van der Waals surface area contributed by atoms with Crippen LogP contribution in [0.2, 0.25) is 0 Å². The lowest BCUT2D eigenvalue weighted by molar-refractivity contribution is -0.137. The van der Waals surface area contributed by atoms with Gasteiger partial charge in [-0.2, -0.15) is 18.3 Å². The van der Waals surface area contributed by atoms with Crippen LogP contribution in [-0.4, -0.2) is 23.3 Å². The van der Waals surface area contributed by atoms with Gasteiger partial charge in [0, 0.05) is 19.3 Å². The van der Waals surface area contributed by atoms with Crippen molar-refractivity contribution in [2.45, 2.75) is 19.3 Å². The second-order valence-corrected chi connectivity index (χ2v) is 6.87. The van der Waals surface area contributed by atoms with Crippen molar-refractivity contribution in [1.82, 2.24) is 10.2 Å². The summed E-state index contributed by atoms with van der Waals surface area (Å²) in [7, 11) is 1.83. The molecule has 5 N–H and O–H groups in total. The molecule has 3 aromatic rings. The fraction of sp³-hybridized carbons (Fsp3) is 0.200. The monoisotopic (exact) mass is 452 g/mol. The summed E-state index contributed by atoms with van der Waals surface area (Å²) in [5.41, 5.74) is 0.994. The Labute approximate surface area is 180 Å². The van der Waals surface area contributed by atoms with Crippen molar-refractivity contribution in [3.63, 3.8) is 0 Å². The first-order valence-electron chi connectivity index (χ1n) is 9.26. The smallest absolute Gasteiger partial charge is 0.367 e. The van der Waals surface area contributed by atoms with Crippen LogP contribution in [0.5, 0.6) is 0 Å². The largest absolute Gasteiger partial charge is 0.416 e. The van der Waals surface area contributed by atoms with E-state index in [2.05, 4.69) is 25.7 Å². The number of nitrogens with two attached hydrogens (primary N) is 1. The van der Waals surface area contributed by atoms with E-state index in [4.69, 9.17) is 5.90 Å². The molecule has 8 nitrogen and oxygen atoms in total. The van der Waals surface area contributed by atoms with Gasteiger partial charge < -0.3 is 15.5 Å². The lowest BCUT2D eigenvalue weighted by Crippen LogP contribution is -2.21. The van der Waals surface area contributed by atoms with Crippen molar-refractivity contribution in [2.75, 3.05) is 22.6 Å². The number of hydrogen-bond donors (Lipinski definition) is 4. The quantitative estimate of drug-likeness (QED) is 0.317. The number of aromatic nitrogens is 2. The number of amides is 2. The van der Waals surface area contributed by atoms with Crippen LogP contribution >= 0.6 is 0 Å². The van der Waals surface area contributed by atoms with Crippen LogP contribution in [0.25, 0.3) is 0 Å². The van der Waals surface area contributed by atoms with Gasteiger partial charge >= 0.3 is 12.2 Å². The number of nitrogens with one attached hydrogen (secondary N) is 3. The lowest BCUT2D eigenvalue weighted by atomic mass is 10.1. The van der Waals surface area contributed by atoms with Crippen LogP contribution in [0.1, 0.15) is 16.8 Å². The van der Waals surface area contributed by atoms with Crippen molar-refractivity contribution < 1.29 is 27.2 Å². The molecule has 1 heterocycles. The van der Waals surface area contributed by atoms with Crippen LogP contribution < -0.4 is 21.4 Å². The molecule has 0 saturated heterocycles. The van der Waals surface area contributed by atoms with Crippen LogP contribution in [0, 0.1) is 5.82 Å². The number of nitrogens with zero attached hydrogens (tertiary/aromatic N) is 2. The molecule has 0 fully saturated rings. The minimum atomic E-state index is -4.66. The maximum absolute atomic E-state index is 13.8. The van der Waals surface area contributed by atoms with Gasteiger partial charge in [0.1, 0.15) is 12.4 Å². The first kappa shape index (κ1) is 23.0. The summed E-state index contributed by atoms with van der Waals surface area (Å²) < 4.78 is 52.3. The van der Waals surface area contributed by atoms with E-state index < -0.39 is 29.3 Å². The minimum Gasteiger partial charge on any atom is -0.367 e. The van der Waals surface area contributed by atoms with E-state index in [-0.39, 0.29) is 6.61 Å². The summed E-state index contributed by atoms with van der Waals surface area (Å²) >= 11 is 0. The molecule has 170 valence electrons. The molecule has 0 unspecified atom stereocenters. The molecule has 32 heavy (non-hydrogen) atoms. The Hall–Kier alpha value is -3.64. The number of H-pyrrole nitrogens is 1. The van der Waals surface area contributed by atoms with E-state index >= 15 is 0 Å². The lowest BCUT2D eigenvalue weighted by Gasteiger charge is -2.19. The highest BCUT2D eigenvalue weighted by molar-refractivity contribution is 5.99. The van der Waals surface area contributed by atoms with Crippen LogP contribution in [0.4, 0.5) is 39.4 Å². The third-order valence-electron chi connectivity index (χ3n) is 4.48. The number of alkyl halides is 3. The minimum absolute atomic E-state index is 0.146. The Bertz CT molecular complexity index is 1090. The predicted molar refractivity (Wildman–Crippen MR) is 110 cm³/mol. The normalized spacial score (nSPS) is 11.3. The molecule has 3 rings (SSSR count). The zero-order valence-electron chi connectivity index (χ0n) is 16.8. The summed E-state index contributed by atoms with van der Waals surface area (Å²) in [6.07, 6.45) is -3.04. The summed E-state index contributed by atoms with van der Waals surface area (Å²) in [5, 5.41) is 11.3. The maximum Gasteiger partial charge on any atom is 0.416 e. The molecule has 2 amide bonds. The first-order valence-corrected chi connectivity index (χ1v) is 9.26. The fourth-order valence-electron chi connectivity index (χ4n) is 3.01. The zero-order valence-corrected chi connectivity index (χ0v) is 16.8. The molecule has 0 aliphatic carbocycles. The van der Waals surface area contributed by atoms with Crippen molar-refractivity contribution in [2.24, 2.45) is 5.90 Å². The number of rotatable bonds is 7. The molecule has 0 aliphatic heterocycles. The highest BCUT2D eigenvalue weighted by Crippen LogP contribution is 2.32. The average Bonchev–Trinajstić information content (AvgIpc) is 3.18. The van der Waals surface area contributed by atoms with Crippen LogP contribution in [0.3, 0.4) is 0 Å². The van der Waals surface area contributed by atoms with E-state index in [9.17, 15) is 22.4 Å². The molecule has 0 atom stereocenters. The molecule has 0 bridgehead atoms. The van der Waals surface area contributed by atoms with Crippen molar-refractivity contribution >= 4 is 23.1 Å². The molecular formula is C20H20F4N6O2. The zero-order chi connectivity index (χ0) is 23.3. The Balaban J connectivity index is 1.67. The van der Waals surface area contributed by atoms with Gasteiger partial charge in [-0.05, 0) is 35.9 Å². The maximum atomic E-state index is 13.8. The van der Waals surface area contributed by atoms with Gasteiger partial charge in [-0.3, -0.25) is 9.94 Å². The third-order valence-corrected chi connectivity index (χ3v) is 4.48. The Morgan fingerprint density at radius 1 is 1.22 bits per heavy atom. The van der Waals surface area contributed by atoms with Gasteiger partial charge in [-0.1, -0.05) is 12.1 Å². The Morgan fingerprint density at radius 2 is 2.00 bits per heavy atom. The number of anilines is 3. The molecular weight excluding hydrogens is 432 g/mol. The molecule has 0 saturated carbocycles. The third kappa shape index (κ3) is 5.74. The van der Waals surface area contributed by atoms with E-state index in [1.54, 1.807) is 24.4 Å². The first-order chi connectivity index (χ1) is 15.2. The molecule has 12 heteroatoms. The Morgan fingerprint density at radius 3 is 2.72 bits per heavy atom. The average molecular weight is 452 g/mol. The highest BCUT2D eigenvalue weighted by Gasteiger charge is 2.31.